The molecule has 2 aromatic carbocycles. The molecule has 0 aliphatic carbocycles. The number of nitrogens with one attached hydrogen (secondary N) is 1. The quantitative estimate of drug-likeness (QED) is 0.349. The summed E-state index contributed by atoms with van der Waals surface area (Å²) in [6.07, 6.45) is 1.79. The largest absolute Gasteiger partial charge is 0.492 e. The molecular weight excluding hydrogens is 346 g/mol. The van der Waals surface area contributed by atoms with E-state index in [1.165, 1.54) is 0 Å². The second kappa shape index (κ2) is 11.3. The Balaban J connectivity index is 1.96. The Labute approximate surface area is 169 Å². The van der Waals surface area contributed by atoms with Gasteiger partial charge in [0.25, 0.3) is 0 Å². The third kappa shape index (κ3) is 6.86. The van der Waals surface area contributed by atoms with Crippen LogP contribution in [0.4, 0.5) is 5.69 Å². The van der Waals surface area contributed by atoms with Gasteiger partial charge in [0, 0.05) is 29.9 Å². The fourth-order valence-electron chi connectivity index (χ4n) is 3.11. The van der Waals surface area contributed by atoms with E-state index in [1.807, 2.05) is 54.6 Å². The Morgan fingerprint density at radius 1 is 1.04 bits per heavy atom. The number of rotatable bonds is 10. The third-order valence-electron chi connectivity index (χ3n) is 4.49. The minimum absolute atomic E-state index is 0.515. The van der Waals surface area contributed by atoms with Gasteiger partial charge < -0.3 is 10.1 Å². The molecule has 0 bridgehead atoms. The molecule has 0 saturated heterocycles. The van der Waals surface area contributed by atoms with Crippen molar-refractivity contribution < 1.29 is 4.74 Å². The van der Waals surface area contributed by atoms with Gasteiger partial charge >= 0.3 is 0 Å². The van der Waals surface area contributed by atoms with E-state index in [9.17, 15) is 0 Å². The second-order valence-electron chi connectivity index (χ2n) is 7.27. The molecule has 150 valence electrons. The smallest absolute Gasteiger partial charge is 0.133 e. The molecule has 28 heavy (non-hydrogen) atoms. The van der Waals surface area contributed by atoms with Crippen molar-refractivity contribution in [3.8, 4) is 5.75 Å². The van der Waals surface area contributed by atoms with E-state index in [0.717, 1.165) is 29.4 Å². The molecule has 0 unspecified atom stereocenters. The topological polar surface area (TPSA) is 36.9 Å². The van der Waals surface area contributed by atoms with Crippen LogP contribution < -0.4 is 10.1 Å². The summed E-state index contributed by atoms with van der Waals surface area (Å²) in [5.74, 6) is 1.71. The van der Waals surface area contributed by atoms with E-state index in [1.54, 1.807) is 6.08 Å². The first-order chi connectivity index (χ1) is 13.5. The van der Waals surface area contributed by atoms with Crippen molar-refractivity contribution in [2.45, 2.75) is 39.8 Å². The standard InChI is InChI=1S/C24H33N3O/c1-6-16-25-24(21-10-8-7-9-11-21)26-22-12-14-23(15-13-22)28-18-17-27(19(2)3)20(4)5/h6-15,19-20H,1,16-18H2,2-5H3,(H,25,26). The molecule has 2 aromatic rings. The lowest BCUT2D eigenvalue weighted by Gasteiger charge is -2.30. The van der Waals surface area contributed by atoms with Crippen LogP contribution in [-0.4, -0.2) is 42.5 Å². The van der Waals surface area contributed by atoms with Gasteiger partial charge in [-0.25, -0.2) is 0 Å². The number of benzene rings is 2. The van der Waals surface area contributed by atoms with Crippen LogP contribution >= 0.6 is 0 Å². The van der Waals surface area contributed by atoms with E-state index >= 15 is 0 Å². The third-order valence-corrected chi connectivity index (χ3v) is 4.49. The second-order valence-corrected chi connectivity index (χ2v) is 7.27. The first-order valence-electron chi connectivity index (χ1n) is 9.97. The normalized spacial score (nSPS) is 11.9. The van der Waals surface area contributed by atoms with Crippen LogP contribution in [0.3, 0.4) is 0 Å². The Morgan fingerprint density at radius 2 is 1.68 bits per heavy atom. The van der Waals surface area contributed by atoms with Gasteiger partial charge in [-0.15, -0.1) is 6.58 Å². The summed E-state index contributed by atoms with van der Waals surface area (Å²) < 4.78 is 5.93. The summed E-state index contributed by atoms with van der Waals surface area (Å²) in [6.45, 7) is 14.8. The van der Waals surface area contributed by atoms with Crippen molar-refractivity contribution in [1.82, 2.24) is 4.90 Å². The summed E-state index contributed by atoms with van der Waals surface area (Å²) in [5.41, 5.74) is 2.03. The maximum absolute atomic E-state index is 5.93. The molecule has 0 heterocycles. The van der Waals surface area contributed by atoms with Gasteiger partial charge in [0.15, 0.2) is 0 Å². The van der Waals surface area contributed by atoms with Crippen molar-refractivity contribution >= 4 is 11.5 Å². The van der Waals surface area contributed by atoms with Crippen LogP contribution in [0.25, 0.3) is 0 Å². The van der Waals surface area contributed by atoms with Crippen molar-refractivity contribution in [2.24, 2.45) is 4.99 Å². The summed E-state index contributed by atoms with van der Waals surface area (Å²) in [6, 6.07) is 19.2. The molecule has 0 fully saturated rings. The molecule has 0 spiro atoms. The molecule has 4 nitrogen and oxygen atoms in total. The van der Waals surface area contributed by atoms with Crippen LogP contribution in [0.5, 0.6) is 5.75 Å². The highest BCUT2D eigenvalue weighted by atomic mass is 16.5. The molecular formula is C24H33N3O. The van der Waals surface area contributed by atoms with E-state index in [2.05, 4.69) is 49.5 Å². The van der Waals surface area contributed by atoms with Crippen LogP contribution in [0.1, 0.15) is 33.3 Å². The average Bonchev–Trinajstić information content (AvgIpc) is 2.69. The zero-order valence-corrected chi connectivity index (χ0v) is 17.6. The molecule has 0 aromatic heterocycles. The highest BCUT2D eigenvalue weighted by Crippen LogP contribution is 2.17. The van der Waals surface area contributed by atoms with Crippen molar-refractivity contribution in [2.75, 3.05) is 25.0 Å². The number of anilines is 1. The highest BCUT2D eigenvalue weighted by molar-refractivity contribution is 6.08. The first kappa shape index (κ1) is 21.7. The summed E-state index contributed by atoms with van der Waals surface area (Å²) >= 11 is 0. The average molecular weight is 380 g/mol. The Hall–Kier alpha value is -2.59. The summed E-state index contributed by atoms with van der Waals surface area (Å²) in [5, 5.41) is 3.40. The Kier molecular flexibility index (Phi) is 8.76. The maximum atomic E-state index is 5.93. The number of ether oxygens (including phenoxy) is 1. The Bertz CT molecular complexity index is 728. The van der Waals surface area contributed by atoms with Gasteiger partial charge in [-0.1, -0.05) is 36.4 Å². The predicted molar refractivity (Wildman–Crippen MR) is 121 cm³/mol. The number of hydrogen-bond acceptors (Lipinski definition) is 3. The monoisotopic (exact) mass is 379 g/mol. The zero-order valence-electron chi connectivity index (χ0n) is 17.6. The van der Waals surface area contributed by atoms with E-state index in [4.69, 9.17) is 4.74 Å². The van der Waals surface area contributed by atoms with Crippen LogP contribution in [0.15, 0.2) is 72.2 Å². The van der Waals surface area contributed by atoms with Crippen molar-refractivity contribution in [1.29, 1.82) is 0 Å². The number of aliphatic imine (C=N–C) groups is 1. The van der Waals surface area contributed by atoms with E-state index in [0.29, 0.717) is 25.2 Å². The number of nitrogens with zero attached hydrogens (tertiary/aromatic N) is 2. The van der Waals surface area contributed by atoms with Crippen LogP contribution in [-0.2, 0) is 0 Å². The SMILES string of the molecule is C=CCN=C(Nc1ccc(OCCN(C(C)C)C(C)C)cc1)c1ccccc1. The molecule has 2 rings (SSSR count). The predicted octanol–water partition coefficient (Wildman–Crippen LogP) is 5.23. The number of hydrogen-bond donors (Lipinski definition) is 1. The van der Waals surface area contributed by atoms with E-state index in [-0.39, 0.29) is 0 Å². The van der Waals surface area contributed by atoms with Gasteiger partial charge in [-0.05, 0) is 52.0 Å². The van der Waals surface area contributed by atoms with Gasteiger partial charge in [0.05, 0.1) is 6.54 Å². The highest BCUT2D eigenvalue weighted by Gasteiger charge is 2.12. The molecule has 0 amide bonds. The van der Waals surface area contributed by atoms with Gasteiger partial charge in [0.2, 0.25) is 0 Å². The molecule has 0 aliphatic heterocycles. The van der Waals surface area contributed by atoms with Crippen LogP contribution in [0, 0.1) is 0 Å². The lowest BCUT2D eigenvalue weighted by molar-refractivity contribution is 0.142. The lowest BCUT2D eigenvalue weighted by Crippen LogP contribution is -2.39. The Morgan fingerprint density at radius 3 is 2.25 bits per heavy atom. The maximum Gasteiger partial charge on any atom is 0.133 e. The summed E-state index contributed by atoms with van der Waals surface area (Å²) in [4.78, 5) is 7.01. The first-order valence-corrected chi connectivity index (χ1v) is 9.97. The van der Waals surface area contributed by atoms with Crippen LogP contribution in [0.2, 0.25) is 0 Å². The van der Waals surface area contributed by atoms with Crippen molar-refractivity contribution in [3.63, 3.8) is 0 Å². The minimum Gasteiger partial charge on any atom is -0.492 e. The lowest BCUT2D eigenvalue weighted by atomic mass is 10.2. The number of amidine groups is 1. The molecule has 4 heteroatoms. The minimum atomic E-state index is 0.515. The van der Waals surface area contributed by atoms with Gasteiger partial charge in [-0.2, -0.15) is 0 Å². The fourth-order valence-corrected chi connectivity index (χ4v) is 3.11. The van der Waals surface area contributed by atoms with Gasteiger partial charge in [0.1, 0.15) is 18.2 Å². The molecule has 1 N–H and O–H groups in total. The zero-order chi connectivity index (χ0) is 20.4. The van der Waals surface area contributed by atoms with Gasteiger partial charge in [-0.3, -0.25) is 9.89 Å². The molecule has 0 atom stereocenters. The molecule has 0 saturated carbocycles. The molecule has 0 aliphatic rings. The van der Waals surface area contributed by atoms with E-state index < -0.39 is 0 Å². The van der Waals surface area contributed by atoms with Crippen molar-refractivity contribution in [3.05, 3.63) is 72.8 Å². The summed E-state index contributed by atoms with van der Waals surface area (Å²) in [7, 11) is 0. The fraction of sp³-hybridized carbons (Fsp3) is 0.375. The molecule has 0 radical (unpaired) electrons.